The smallest absolute Gasteiger partial charge is 0.267 e. The molecule has 0 spiro atoms. The Balaban J connectivity index is 1.52. The van der Waals surface area contributed by atoms with Crippen LogP contribution in [0.4, 0.5) is 5.69 Å². The number of piperidine rings is 1. The van der Waals surface area contributed by atoms with Crippen LogP contribution in [0, 0.1) is 5.92 Å². The molecule has 0 bridgehead atoms. The van der Waals surface area contributed by atoms with Gasteiger partial charge in [0.15, 0.2) is 0 Å². The van der Waals surface area contributed by atoms with Crippen LogP contribution in [-0.4, -0.2) is 56.0 Å². The first-order valence-corrected chi connectivity index (χ1v) is 13.1. The van der Waals surface area contributed by atoms with E-state index < -0.39 is 23.2 Å². The van der Waals surface area contributed by atoms with E-state index in [1.807, 2.05) is 41.8 Å². The van der Waals surface area contributed by atoms with E-state index in [-0.39, 0.29) is 5.92 Å². The largest absolute Gasteiger partial charge is 0.755 e. The first-order chi connectivity index (χ1) is 17.0. The molecule has 1 aliphatic rings. The monoisotopic (exact) mass is 515 g/mol. The van der Waals surface area contributed by atoms with Crippen LogP contribution >= 0.6 is 11.3 Å². The molecule has 2 unspecified atom stereocenters. The average Bonchev–Trinajstić information content (AvgIpc) is 3.40. The number of nitrogens with one attached hydrogen (secondary N) is 1. The minimum absolute atomic E-state index is 0.256. The zero-order chi connectivity index (χ0) is 24.8. The number of methoxy groups -OCH3 is 1. The predicted molar refractivity (Wildman–Crippen MR) is 134 cm³/mol. The lowest BCUT2D eigenvalue weighted by Crippen LogP contribution is -2.53. The summed E-state index contributed by atoms with van der Waals surface area (Å²) in [6, 6.07) is 13.4. The summed E-state index contributed by atoms with van der Waals surface area (Å²) in [7, 11) is 1.60. The lowest BCUT2D eigenvalue weighted by Gasteiger charge is -2.41. The number of likely N-dealkylation sites (tertiary alicyclic amines) is 1. The van der Waals surface area contributed by atoms with E-state index in [0.717, 1.165) is 32.7 Å². The molecule has 1 saturated heterocycles. The summed E-state index contributed by atoms with van der Waals surface area (Å²) in [5.41, 5.74) is 3.87. The molecule has 35 heavy (non-hydrogen) atoms. The van der Waals surface area contributed by atoms with Gasteiger partial charge < -0.3 is 9.29 Å². The zero-order valence-electron chi connectivity index (χ0n) is 19.2. The van der Waals surface area contributed by atoms with Gasteiger partial charge in [0.2, 0.25) is 0 Å². The van der Waals surface area contributed by atoms with Crippen molar-refractivity contribution in [3.8, 4) is 16.9 Å². The maximum Gasteiger partial charge on any atom is 0.267 e. The van der Waals surface area contributed by atoms with Gasteiger partial charge in [-0.05, 0) is 67.2 Å². The van der Waals surface area contributed by atoms with Gasteiger partial charge in [0, 0.05) is 28.5 Å². The highest BCUT2D eigenvalue weighted by Crippen LogP contribution is 2.32. The zero-order valence-corrected chi connectivity index (χ0v) is 20.8. The number of carbonyl (C=O) groups excluding carboxylic acids is 1. The summed E-state index contributed by atoms with van der Waals surface area (Å²) >= 11 is -1.13. The number of hydrogen-bond donors (Lipinski definition) is 2. The molecule has 1 fully saturated rings. The van der Waals surface area contributed by atoms with Crippen molar-refractivity contribution in [3.63, 3.8) is 0 Å². The number of aromatic nitrogens is 1. The fourth-order valence-electron chi connectivity index (χ4n) is 4.45. The van der Waals surface area contributed by atoms with Crippen LogP contribution < -0.4 is 14.5 Å². The van der Waals surface area contributed by atoms with Gasteiger partial charge in [-0.1, -0.05) is 24.3 Å². The van der Waals surface area contributed by atoms with Gasteiger partial charge in [0.05, 0.1) is 13.7 Å². The minimum Gasteiger partial charge on any atom is -0.755 e. The van der Waals surface area contributed by atoms with E-state index >= 15 is 0 Å². The van der Waals surface area contributed by atoms with Crippen molar-refractivity contribution in [3.05, 3.63) is 65.1 Å². The fraction of sp³-hybridized carbons (Fsp3) is 0.333. The van der Waals surface area contributed by atoms with Crippen molar-refractivity contribution >= 4 is 34.2 Å². The first kappa shape index (κ1) is 25.3. The minimum atomic E-state index is -2.73. The number of rotatable bonds is 9. The highest BCUT2D eigenvalue weighted by atomic mass is 32.2. The number of nitrogens with zero attached hydrogens (tertiary/aromatic N) is 3. The van der Waals surface area contributed by atoms with Gasteiger partial charge in [0.1, 0.15) is 16.8 Å². The maximum atomic E-state index is 12.7. The number of amides is 1. The van der Waals surface area contributed by atoms with E-state index in [4.69, 9.17) is 4.74 Å². The van der Waals surface area contributed by atoms with Gasteiger partial charge in [-0.15, -0.1) is 11.3 Å². The Labute approximate surface area is 210 Å². The second kappa shape index (κ2) is 11.7. The molecule has 1 aromatic heterocycles. The molecule has 0 saturated carbocycles. The van der Waals surface area contributed by atoms with Crippen molar-refractivity contribution < 1.29 is 23.5 Å². The third kappa shape index (κ3) is 6.06. The third-order valence-corrected chi connectivity index (χ3v) is 7.78. The quantitative estimate of drug-likeness (QED) is 0.255. The predicted octanol–water partition coefficient (Wildman–Crippen LogP) is 3.21. The van der Waals surface area contributed by atoms with E-state index in [1.165, 1.54) is 0 Å². The summed E-state index contributed by atoms with van der Waals surface area (Å²) in [6.45, 7) is 2.13. The van der Waals surface area contributed by atoms with Crippen molar-refractivity contribution in [1.29, 1.82) is 0 Å². The van der Waals surface area contributed by atoms with Gasteiger partial charge in [-0.25, -0.2) is 10.5 Å². The molecular formula is C24H27N4O5S2-. The van der Waals surface area contributed by atoms with Crippen LogP contribution in [0.1, 0.15) is 17.8 Å². The Hall–Kier alpha value is -2.83. The van der Waals surface area contributed by atoms with Gasteiger partial charge in [0.25, 0.3) is 5.91 Å². The molecule has 2 aromatic carbocycles. The van der Waals surface area contributed by atoms with Crippen LogP contribution in [0.15, 0.2) is 60.1 Å². The van der Waals surface area contributed by atoms with Crippen LogP contribution in [0.3, 0.4) is 0 Å². The maximum absolute atomic E-state index is 12.7. The number of carbonyl (C=O) groups is 1. The van der Waals surface area contributed by atoms with Gasteiger partial charge in [-0.2, -0.15) is 0 Å². The van der Waals surface area contributed by atoms with E-state index in [1.54, 1.807) is 42.3 Å². The Bertz CT molecular complexity index is 1120. The first-order valence-electron chi connectivity index (χ1n) is 11.2. The van der Waals surface area contributed by atoms with Crippen molar-refractivity contribution in [2.45, 2.75) is 25.4 Å². The molecule has 2 heterocycles. The lowest BCUT2D eigenvalue weighted by atomic mass is 9.88. The molecule has 3 aromatic rings. The van der Waals surface area contributed by atoms with E-state index in [0.29, 0.717) is 31.6 Å². The molecule has 11 heteroatoms. The molecule has 2 N–H and O–H groups in total. The van der Waals surface area contributed by atoms with Crippen LogP contribution in [0.2, 0.25) is 0 Å². The molecular weight excluding hydrogens is 488 g/mol. The van der Waals surface area contributed by atoms with Crippen molar-refractivity contribution in [2.75, 3.05) is 24.5 Å². The van der Waals surface area contributed by atoms with Crippen LogP contribution in [0.5, 0.6) is 5.75 Å². The number of benzene rings is 2. The average molecular weight is 516 g/mol. The Morgan fingerprint density at radius 1 is 1.23 bits per heavy atom. The Morgan fingerprint density at radius 3 is 2.37 bits per heavy atom. The summed E-state index contributed by atoms with van der Waals surface area (Å²) in [4.78, 5) is 19.3. The van der Waals surface area contributed by atoms with Crippen molar-refractivity contribution in [2.24, 2.45) is 5.92 Å². The number of ether oxygens (including phenoxy) is 1. The number of anilines is 1. The molecule has 1 amide bonds. The molecule has 2 atom stereocenters. The number of thiazole rings is 1. The number of hydrogen-bond acceptors (Lipinski definition) is 8. The molecule has 0 aliphatic carbocycles. The summed E-state index contributed by atoms with van der Waals surface area (Å²) in [6.07, 6.45) is 3.00. The second-order valence-corrected chi connectivity index (χ2v) is 10.1. The third-order valence-electron chi connectivity index (χ3n) is 6.26. The van der Waals surface area contributed by atoms with Crippen LogP contribution in [-0.2, 0) is 22.6 Å². The van der Waals surface area contributed by atoms with Crippen LogP contribution in [0.25, 0.3) is 11.1 Å². The summed E-state index contributed by atoms with van der Waals surface area (Å²) in [5.74, 6) is -0.255. The fourth-order valence-corrected chi connectivity index (χ4v) is 5.86. The SMILES string of the molecule is COc1ccc(-c2ccc(N(C(C(=O)NO)C3CCN(Cc4nccs4)CC3)S(=O)[O-])cc2)cc1. The molecule has 186 valence electrons. The molecule has 1 aliphatic heterocycles. The lowest BCUT2D eigenvalue weighted by molar-refractivity contribution is -0.132. The topological polar surface area (TPSA) is 118 Å². The standard InChI is InChI=1S/C24H28N4O5S2/c1-33-21-8-4-18(5-9-21)17-2-6-20(7-3-17)28(35(31)32)23(24(29)26-30)19-10-13-27(14-11-19)16-22-25-12-15-34-22/h2-9,12,15,19,23,30H,10-11,13-14,16H2,1H3,(H,26,29)(H,31,32)/p-1. The molecule has 9 nitrogen and oxygen atoms in total. The highest BCUT2D eigenvalue weighted by Gasteiger charge is 2.37. The summed E-state index contributed by atoms with van der Waals surface area (Å²) < 4.78 is 30.9. The second-order valence-electron chi connectivity index (χ2n) is 8.28. The Morgan fingerprint density at radius 2 is 1.86 bits per heavy atom. The van der Waals surface area contributed by atoms with E-state index in [2.05, 4.69) is 9.88 Å². The van der Waals surface area contributed by atoms with Gasteiger partial charge >= 0.3 is 0 Å². The van der Waals surface area contributed by atoms with Crippen molar-refractivity contribution in [1.82, 2.24) is 15.4 Å². The Kier molecular flexibility index (Phi) is 8.47. The molecule has 4 rings (SSSR count). The normalized spacial score (nSPS) is 16.4. The van der Waals surface area contributed by atoms with Gasteiger partial charge in [-0.3, -0.25) is 23.4 Å². The summed E-state index contributed by atoms with van der Waals surface area (Å²) in [5, 5.41) is 12.4. The highest BCUT2D eigenvalue weighted by molar-refractivity contribution is 7.80. The van der Waals surface area contributed by atoms with E-state index in [9.17, 15) is 18.8 Å². The molecule has 0 radical (unpaired) electrons. The number of hydroxylamine groups is 1.